The number of hydrogen-bond acceptors (Lipinski definition) is 4. The first-order valence-corrected chi connectivity index (χ1v) is 9.55. The van der Waals surface area contributed by atoms with Crippen LogP contribution in [0.2, 0.25) is 0 Å². The minimum atomic E-state index is -0.729. The highest BCUT2D eigenvalue weighted by Crippen LogP contribution is 2.39. The number of nitrogens with one attached hydrogen (secondary N) is 2. The van der Waals surface area contributed by atoms with Crippen molar-refractivity contribution in [3.8, 4) is 0 Å². The molecule has 1 aliphatic heterocycles. The molecule has 3 N–H and O–H groups in total. The van der Waals surface area contributed by atoms with Gasteiger partial charge >= 0.3 is 12.0 Å². The van der Waals surface area contributed by atoms with Gasteiger partial charge in [0, 0.05) is 25.4 Å². The summed E-state index contributed by atoms with van der Waals surface area (Å²) in [5.74, 6) is -0.686. The normalized spacial score (nSPS) is 38.4. The third kappa shape index (κ3) is 4.85. The zero-order valence-corrected chi connectivity index (χ0v) is 15.0. The van der Waals surface area contributed by atoms with Crippen LogP contribution in [0.1, 0.15) is 58.3 Å². The van der Waals surface area contributed by atoms with Gasteiger partial charge in [0.15, 0.2) is 5.79 Å². The molecule has 3 fully saturated rings. The Kier molecular flexibility index (Phi) is 5.84. The molecule has 1 heterocycles. The van der Waals surface area contributed by atoms with E-state index in [1.807, 2.05) is 0 Å². The third-order valence-corrected chi connectivity index (χ3v) is 5.85. The van der Waals surface area contributed by atoms with E-state index in [1.54, 1.807) is 0 Å². The molecule has 1 unspecified atom stereocenters. The molecular formula is C18H30N2O5. The van der Waals surface area contributed by atoms with Crippen molar-refractivity contribution in [1.82, 2.24) is 10.6 Å². The molecule has 3 rings (SSSR count). The van der Waals surface area contributed by atoms with Crippen LogP contribution in [0.3, 0.4) is 0 Å². The molecule has 0 aromatic heterocycles. The summed E-state index contributed by atoms with van der Waals surface area (Å²) in [5, 5.41) is 14.8. The van der Waals surface area contributed by atoms with Crippen molar-refractivity contribution in [3.05, 3.63) is 0 Å². The maximum Gasteiger partial charge on any atom is 0.315 e. The van der Waals surface area contributed by atoms with Gasteiger partial charge < -0.3 is 25.2 Å². The van der Waals surface area contributed by atoms with Crippen LogP contribution in [0.5, 0.6) is 0 Å². The Morgan fingerprint density at radius 1 is 1.12 bits per heavy atom. The van der Waals surface area contributed by atoms with Crippen LogP contribution in [0.25, 0.3) is 0 Å². The second-order valence-electron chi connectivity index (χ2n) is 7.89. The summed E-state index contributed by atoms with van der Waals surface area (Å²) in [6.45, 7) is 3.22. The summed E-state index contributed by atoms with van der Waals surface area (Å²) in [7, 11) is 0. The van der Waals surface area contributed by atoms with Gasteiger partial charge in [0.25, 0.3) is 0 Å². The van der Waals surface area contributed by atoms with Crippen molar-refractivity contribution in [3.63, 3.8) is 0 Å². The van der Waals surface area contributed by atoms with E-state index in [2.05, 4.69) is 17.6 Å². The Hall–Kier alpha value is -1.34. The van der Waals surface area contributed by atoms with Crippen LogP contribution >= 0.6 is 0 Å². The summed E-state index contributed by atoms with van der Waals surface area (Å²) in [4.78, 5) is 23.0. The molecule has 2 amide bonds. The van der Waals surface area contributed by atoms with Crippen molar-refractivity contribution in [2.24, 2.45) is 11.8 Å². The molecule has 3 aliphatic rings. The van der Waals surface area contributed by atoms with E-state index in [-0.39, 0.29) is 24.1 Å². The van der Waals surface area contributed by atoms with Gasteiger partial charge in [-0.2, -0.15) is 0 Å². The number of ether oxygens (including phenoxy) is 2. The van der Waals surface area contributed by atoms with Gasteiger partial charge in [-0.05, 0) is 44.4 Å². The van der Waals surface area contributed by atoms with E-state index in [1.165, 1.54) is 0 Å². The van der Waals surface area contributed by atoms with Gasteiger partial charge in [0.2, 0.25) is 0 Å². The first kappa shape index (κ1) is 18.5. The lowest BCUT2D eigenvalue weighted by atomic mass is 9.86. The number of amides is 2. The highest BCUT2D eigenvalue weighted by Gasteiger charge is 2.43. The number of urea groups is 1. The number of rotatable bonds is 4. The Labute approximate surface area is 148 Å². The molecule has 25 heavy (non-hydrogen) atoms. The summed E-state index contributed by atoms with van der Waals surface area (Å²) in [5.41, 5.74) is 0. The van der Waals surface area contributed by atoms with Gasteiger partial charge in [-0.15, -0.1) is 0 Å². The van der Waals surface area contributed by atoms with E-state index in [0.29, 0.717) is 38.8 Å². The van der Waals surface area contributed by atoms with Crippen LogP contribution < -0.4 is 10.6 Å². The fraction of sp³-hybridized carbons (Fsp3) is 0.889. The monoisotopic (exact) mass is 354 g/mol. The molecule has 2 saturated carbocycles. The van der Waals surface area contributed by atoms with E-state index < -0.39 is 11.8 Å². The van der Waals surface area contributed by atoms with Crippen LogP contribution in [-0.2, 0) is 14.3 Å². The molecule has 0 bridgehead atoms. The second-order valence-corrected chi connectivity index (χ2v) is 7.89. The molecule has 0 radical (unpaired) electrons. The van der Waals surface area contributed by atoms with Crippen molar-refractivity contribution >= 4 is 12.0 Å². The quantitative estimate of drug-likeness (QED) is 0.719. The molecule has 1 atom stereocenters. The Bertz CT molecular complexity index is 482. The average Bonchev–Trinajstić information content (AvgIpc) is 3.00. The van der Waals surface area contributed by atoms with Gasteiger partial charge in [-0.3, -0.25) is 4.79 Å². The summed E-state index contributed by atoms with van der Waals surface area (Å²) in [6, 6.07) is -0.150. The maximum atomic E-state index is 12.1. The summed E-state index contributed by atoms with van der Waals surface area (Å²) < 4.78 is 12.0. The molecule has 7 nitrogen and oxygen atoms in total. The SMILES string of the molecule is CC1CCC2(CC1)OCC(CNC(=O)NC1CCC(C(=O)O)CC1)O2. The molecule has 1 spiro atoms. The number of carboxylic acid groups (broad SMARTS) is 1. The summed E-state index contributed by atoms with van der Waals surface area (Å²) in [6.07, 6.45) is 6.71. The smallest absolute Gasteiger partial charge is 0.315 e. The van der Waals surface area contributed by atoms with Crippen LogP contribution in [0, 0.1) is 11.8 Å². The topological polar surface area (TPSA) is 96.9 Å². The summed E-state index contributed by atoms with van der Waals surface area (Å²) >= 11 is 0. The lowest BCUT2D eigenvalue weighted by Crippen LogP contribution is -2.46. The Morgan fingerprint density at radius 3 is 2.44 bits per heavy atom. The molecule has 142 valence electrons. The van der Waals surface area contributed by atoms with Crippen molar-refractivity contribution in [2.75, 3.05) is 13.2 Å². The average molecular weight is 354 g/mol. The number of carbonyl (C=O) groups is 2. The standard InChI is InChI=1S/C18H30N2O5/c1-12-6-8-18(9-7-12)24-11-15(25-18)10-19-17(23)20-14-4-2-13(3-5-14)16(21)22/h12-15H,2-11H2,1H3,(H,21,22)(H2,19,20,23). The predicted octanol–water partition coefficient (Wildman–Crippen LogP) is 2.25. The van der Waals surface area contributed by atoms with E-state index >= 15 is 0 Å². The van der Waals surface area contributed by atoms with Gasteiger partial charge in [0.1, 0.15) is 6.10 Å². The Morgan fingerprint density at radius 2 is 1.80 bits per heavy atom. The fourth-order valence-corrected chi connectivity index (χ4v) is 4.11. The number of carboxylic acids is 1. The van der Waals surface area contributed by atoms with E-state index in [4.69, 9.17) is 14.6 Å². The van der Waals surface area contributed by atoms with Gasteiger partial charge in [0.05, 0.1) is 12.5 Å². The molecule has 7 heteroatoms. The minimum Gasteiger partial charge on any atom is -0.481 e. The molecule has 0 aromatic rings. The first-order valence-electron chi connectivity index (χ1n) is 9.55. The van der Waals surface area contributed by atoms with Gasteiger partial charge in [-0.25, -0.2) is 4.79 Å². The van der Waals surface area contributed by atoms with Gasteiger partial charge in [-0.1, -0.05) is 6.92 Å². The fourth-order valence-electron chi connectivity index (χ4n) is 4.11. The van der Waals surface area contributed by atoms with Crippen molar-refractivity contribution in [1.29, 1.82) is 0 Å². The maximum absolute atomic E-state index is 12.1. The van der Waals surface area contributed by atoms with E-state index in [9.17, 15) is 9.59 Å². The number of hydrogen-bond donors (Lipinski definition) is 3. The van der Waals surface area contributed by atoms with Crippen molar-refractivity contribution in [2.45, 2.75) is 76.2 Å². The number of aliphatic carboxylic acids is 1. The molecule has 2 aliphatic carbocycles. The largest absolute Gasteiger partial charge is 0.481 e. The zero-order chi connectivity index (χ0) is 17.9. The molecular weight excluding hydrogens is 324 g/mol. The van der Waals surface area contributed by atoms with Crippen LogP contribution in [0.4, 0.5) is 4.79 Å². The first-order chi connectivity index (χ1) is 12.0. The third-order valence-electron chi connectivity index (χ3n) is 5.85. The molecule has 1 saturated heterocycles. The van der Waals surface area contributed by atoms with Crippen LogP contribution in [-0.4, -0.2) is 48.2 Å². The van der Waals surface area contributed by atoms with Crippen LogP contribution in [0.15, 0.2) is 0 Å². The zero-order valence-electron chi connectivity index (χ0n) is 15.0. The minimum absolute atomic E-state index is 0.0579. The number of carbonyl (C=O) groups excluding carboxylic acids is 1. The Balaban J connectivity index is 1.34. The highest BCUT2D eigenvalue weighted by molar-refractivity contribution is 5.74. The second kappa shape index (κ2) is 7.91. The highest BCUT2D eigenvalue weighted by atomic mass is 16.7. The van der Waals surface area contributed by atoms with E-state index in [0.717, 1.165) is 31.6 Å². The van der Waals surface area contributed by atoms with Crippen molar-refractivity contribution < 1.29 is 24.2 Å². The molecule has 0 aromatic carbocycles. The lowest BCUT2D eigenvalue weighted by Gasteiger charge is -2.34. The lowest BCUT2D eigenvalue weighted by molar-refractivity contribution is -0.191. The predicted molar refractivity (Wildman–Crippen MR) is 91.1 cm³/mol.